The average molecular weight is 321 g/mol. The van der Waals surface area contributed by atoms with Crippen LogP contribution >= 0.6 is 0 Å². The second-order valence-electron chi connectivity index (χ2n) is 5.65. The summed E-state index contributed by atoms with van der Waals surface area (Å²) in [6, 6.07) is 7.08. The quantitative estimate of drug-likeness (QED) is 0.918. The van der Waals surface area contributed by atoms with E-state index in [1.807, 2.05) is 19.1 Å². The van der Waals surface area contributed by atoms with Crippen LogP contribution in [0, 0.1) is 13.8 Å². The molecule has 5 nitrogen and oxygen atoms in total. The molecule has 22 heavy (non-hydrogen) atoms. The minimum absolute atomic E-state index is 0.266. The van der Waals surface area contributed by atoms with Gasteiger partial charge in [-0.25, -0.2) is 8.42 Å². The van der Waals surface area contributed by atoms with Crippen LogP contribution in [0.2, 0.25) is 0 Å². The fourth-order valence-corrected chi connectivity index (χ4v) is 3.50. The second kappa shape index (κ2) is 6.12. The number of anilines is 1. The molecule has 1 aromatic heterocycles. The molecule has 1 atom stereocenters. The van der Waals surface area contributed by atoms with E-state index in [1.54, 1.807) is 30.8 Å². The zero-order valence-electron chi connectivity index (χ0n) is 13.7. The van der Waals surface area contributed by atoms with Gasteiger partial charge in [0, 0.05) is 7.05 Å². The Kier molecular flexibility index (Phi) is 4.60. The van der Waals surface area contributed by atoms with E-state index in [-0.39, 0.29) is 4.90 Å². The highest BCUT2D eigenvalue weighted by Gasteiger charge is 2.19. The van der Waals surface area contributed by atoms with E-state index in [4.69, 9.17) is 0 Å². The molecule has 0 fully saturated rings. The Morgan fingerprint density at radius 1 is 1.23 bits per heavy atom. The van der Waals surface area contributed by atoms with Crippen molar-refractivity contribution in [1.29, 1.82) is 0 Å². The summed E-state index contributed by atoms with van der Waals surface area (Å²) in [4.78, 5) is 0.266. The Morgan fingerprint density at radius 3 is 2.27 bits per heavy atom. The lowest BCUT2D eigenvalue weighted by atomic mass is 9.99. The zero-order valence-corrected chi connectivity index (χ0v) is 14.5. The standard InChI is InChI=1S/C16H23N3O2S/c1-6-11(2)14-7-9-15(10-8-14)22(20,21)18-16-12(3)17-19(5)13(16)4/h7-11,18H,6H2,1-5H3/t11-/m0/s1. The maximum Gasteiger partial charge on any atom is 0.262 e. The molecule has 0 radical (unpaired) electrons. The lowest BCUT2D eigenvalue weighted by Crippen LogP contribution is -2.14. The third-order valence-corrected chi connectivity index (χ3v) is 5.48. The summed E-state index contributed by atoms with van der Waals surface area (Å²) < 4.78 is 29.3. The molecule has 0 aliphatic carbocycles. The van der Waals surface area contributed by atoms with Crippen molar-refractivity contribution in [2.75, 3.05) is 4.72 Å². The zero-order chi connectivity index (χ0) is 16.5. The highest BCUT2D eigenvalue weighted by atomic mass is 32.2. The van der Waals surface area contributed by atoms with Crippen molar-refractivity contribution in [3.05, 3.63) is 41.2 Å². The molecule has 0 unspecified atom stereocenters. The summed E-state index contributed by atoms with van der Waals surface area (Å²) in [5.74, 6) is 0.424. The fraction of sp³-hybridized carbons (Fsp3) is 0.438. The topological polar surface area (TPSA) is 64.0 Å². The molecule has 0 saturated heterocycles. The molecule has 120 valence electrons. The minimum Gasteiger partial charge on any atom is -0.276 e. The summed E-state index contributed by atoms with van der Waals surface area (Å²) in [7, 11) is -1.80. The van der Waals surface area contributed by atoms with Crippen molar-refractivity contribution < 1.29 is 8.42 Å². The molecule has 0 bridgehead atoms. The lowest BCUT2D eigenvalue weighted by molar-refractivity contribution is 0.601. The van der Waals surface area contributed by atoms with Crippen LogP contribution < -0.4 is 4.72 Å². The van der Waals surface area contributed by atoms with Gasteiger partial charge in [-0.2, -0.15) is 5.10 Å². The van der Waals surface area contributed by atoms with Gasteiger partial charge in [-0.05, 0) is 43.9 Å². The van der Waals surface area contributed by atoms with Gasteiger partial charge in [0.05, 0.1) is 22.0 Å². The molecular formula is C16H23N3O2S. The summed E-state index contributed by atoms with van der Waals surface area (Å²) in [5.41, 5.74) is 3.15. The van der Waals surface area contributed by atoms with Crippen LogP contribution in [0.4, 0.5) is 5.69 Å². The summed E-state index contributed by atoms with van der Waals surface area (Å²) >= 11 is 0. The van der Waals surface area contributed by atoms with Gasteiger partial charge >= 0.3 is 0 Å². The molecular weight excluding hydrogens is 298 g/mol. The van der Waals surface area contributed by atoms with E-state index in [0.29, 0.717) is 17.3 Å². The van der Waals surface area contributed by atoms with Gasteiger partial charge < -0.3 is 0 Å². The fourth-order valence-electron chi connectivity index (χ4n) is 2.33. The molecule has 2 rings (SSSR count). The third kappa shape index (κ3) is 3.16. The van der Waals surface area contributed by atoms with E-state index in [1.165, 1.54) is 0 Å². The van der Waals surface area contributed by atoms with Crippen LogP contribution in [0.15, 0.2) is 29.2 Å². The predicted molar refractivity (Wildman–Crippen MR) is 88.6 cm³/mol. The van der Waals surface area contributed by atoms with Crippen molar-refractivity contribution in [2.24, 2.45) is 7.05 Å². The smallest absolute Gasteiger partial charge is 0.262 e. The van der Waals surface area contributed by atoms with Crippen LogP contribution in [-0.4, -0.2) is 18.2 Å². The molecule has 0 saturated carbocycles. The number of benzene rings is 1. The van der Waals surface area contributed by atoms with Crippen molar-refractivity contribution in [3.8, 4) is 0 Å². The van der Waals surface area contributed by atoms with Gasteiger partial charge in [-0.1, -0.05) is 26.0 Å². The maximum absolute atomic E-state index is 12.5. The molecule has 6 heteroatoms. The summed E-state index contributed by atoms with van der Waals surface area (Å²) in [6.45, 7) is 7.87. The Hall–Kier alpha value is -1.82. The van der Waals surface area contributed by atoms with Crippen LogP contribution in [0.1, 0.15) is 43.1 Å². The molecule has 0 amide bonds. The predicted octanol–water partition coefficient (Wildman–Crippen LogP) is 3.35. The van der Waals surface area contributed by atoms with Crippen LogP contribution in [0.5, 0.6) is 0 Å². The van der Waals surface area contributed by atoms with Crippen molar-refractivity contribution in [3.63, 3.8) is 0 Å². The number of rotatable bonds is 5. The normalized spacial score (nSPS) is 13.1. The number of nitrogens with zero attached hydrogens (tertiary/aromatic N) is 2. The average Bonchev–Trinajstić information content (AvgIpc) is 2.73. The number of hydrogen-bond donors (Lipinski definition) is 1. The molecule has 1 heterocycles. The van der Waals surface area contributed by atoms with Crippen LogP contribution in [-0.2, 0) is 17.1 Å². The lowest BCUT2D eigenvalue weighted by Gasteiger charge is -2.11. The number of hydrogen-bond acceptors (Lipinski definition) is 3. The molecule has 1 N–H and O–H groups in total. The van der Waals surface area contributed by atoms with Gasteiger partial charge in [-0.3, -0.25) is 9.40 Å². The Balaban J connectivity index is 2.31. The number of sulfonamides is 1. The molecule has 0 aliphatic heterocycles. The van der Waals surface area contributed by atoms with E-state index < -0.39 is 10.0 Å². The largest absolute Gasteiger partial charge is 0.276 e. The minimum atomic E-state index is -3.60. The van der Waals surface area contributed by atoms with Gasteiger partial charge in [0.15, 0.2) is 0 Å². The Labute approximate surface area is 132 Å². The first-order valence-electron chi connectivity index (χ1n) is 7.39. The Bertz CT molecular complexity index is 761. The molecule has 1 aromatic carbocycles. The second-order valence-corrected chi connectivity index (χ2v) is 7.34. The number of aryl methyl sites for hydroxylation is 2. The monoisotopic (exact) mass is 321 g/mol. The van der Waals surface area contributed by atoms with Crippen molar-refractivity contribution in [2.45, 2.75) is 44.9 Å². The third-order valence-electron chi connectivity index (χ3n) is 4.12. The number of nitrogens with one attached hydrogen (secondary N) is 1. The van der Waals surface area contributed by atoms with E-state index in [9.17, 15) is 8.42 Å². The highest BCUT2D eigenvalue weighted by Crippen LogP contribution is 2.24. The van der Waals surface area contributed by atoms with E-state index >= 15 is 0 Å². The molecule has 2 aromatic rings. The van der Waals surface area contributed by atoms with Gasteiger partial charge in [0.2, 0.25) is 0 Å². The van der Waals surface area contributed by atoms with Gasteiger partial charge in [0.1, 0.15) is 0 Å². The van der Waals surface area contributed by atoms with Gasteiger partial charge in [0.25, 0.3) is 10.0 Å². The van der Waals surface area contributed by atoms with Crippen molar-refractivity contribution in [1.82, 2.24) is 9.78 Å². The SMILES string of the molecule is CC[C@H](C)c1ccc(S(=O)(=O)Nc2c(C)nn(C)c2C)cc1. The highest BCUT2D eigenvalue weighted by molar-refractivity contribution is 7.92. The maximum atomic E-state index is 12.5. The Morgan fingerprint density at radius 2 is 1.82 bits per heavy atom. The number of aromatic nitrogens is 2. The first kappa shape index (κ1) is 16.5. The molecule has 0 aliphatic rings. The summed E-state index contributed by atoms with van der Waals surface area (Å²) in [6.07, 6.45) is 1.03. The van der Waals surface area contributed by atoms with Crippen LogP contribution in [0.3, 0.4) is 0 Å². The van der Waals surface area contributed by atoms with E-state index in [2.05, 4.69) is 23.7 Å². The molecule has 0 spiro atoms. The summed E-state index contributed by atoms with van der Waals surface area (Å²) in [5, 5.41) is 4.23. The first-order chi connectivity index (χ1) is 10.3. The first-order valence-corrected chi connectivity index (χ1v) is 8.87. The van der Waals surface area contributed by atoms with Crippen LogP contribution in [0.25, 0.3) is 0 Å². The van der Waals surface area contributed by atoms with E-state index in [0.717, 1.165) is 17.7 Å². The van der Waals surface area contributed by atoms with Gasteiger partial charge in [-0.15, -0.1) is 0 Å². The van der Waals surface area contributed by atoms with Crippen molar-refractivity contribution >= 4 is 15.7 Å².